The highest BCUT2D eigenvalue weighted by atomic mass is 19.1. The van der Waals surface area contributed by atoms with Crippen molar-refractivity contribution >= 4 is 12.0 Å². The van der Waals surface area contributed by atoms with Crippen LogP contribution in [-0.2, 0) is 16.9 Å². The van der Waals surface area contributed by atoms with Gasteiger partial charge < -0.3 is 19.9 Å². The number of hydrogen-bond donors (Lipinski definition) is 2. The Kier molecular flexibility index (Phi) is 4.69. The Hall–Kier alpha value is -2.90. The molecule has 2 amide bonds. The Morgan fingerprint density at radius 3 is 2.68 bits per heavy atom. The van der Waals surface area contributed by atoms with E-state index in [1.165, 1.54) is 18.5 Å². The third-order valence-corrected chi connectivity index (χ3v) is 4.61. The molecule has 25 heavy (non-hydrogen) atoms. The van der Waals surface area contributed by atoms with Gasteiger partial charge in [0.1, 0.15) is 11.4 Å². The van der Waals surface area contributed by atoms with Crippen LogP contribution in [0.1, 0.15) is 18.4 Å². The lowest BCUT2D eigenvalue weighted by atomic mass is 9.87. The summed E-state index contributed by atoms with van der Waals surface area (Å²) in [5.41, 5.74) is -0.404. The topological polar surface area (TPSA) is 87.5 Å². The van der Waals surface area contributed by atoms with Gasteiger partial charge in [-0.1, -0.05) is 12.1 Å². The van der Waals surface area contributed by atoms with Gasteiger partial charge in [-0.25, -0.2) is 19.0 Å². The molecule has 1 aliphatic rings. The summed E-state index contributed by atoms with van der Waals surface area (Å²) in [6, 6.07) is 5.74. The highest BCUT2D eigenvalue weighted by Gasteiger charge is 2.43. The summed E-state index contributed by atoms with van der Waals surface area (Å²) in [6.07, 6.45) is 5.27. The minimum Gasteiger partial charge on any atom is -0.479 e. The van der Waals surface area contributed by atoms with Crippen LogP contribution in [0.25, 0.3) is 0 Å². The zero-order chi connectivity index (χ0) is 17.9. The van der Waals surface area contributed by atoms with E-state index in [0.29, 0.717) is 31.5 Å². The number of carbonyl (C=O) groups is 2. The molecule has 1 fully saturated rings. The summed E-state index contributed by atoms with van der Waals surface area (Å²) < 4.78 is 14.8. The first-order chi connectivity index (χ1) is 12.0. The van der Waals surface area contributed by atoms with Crippen LogP contribution in [0.5, 0.6) is 0 Å². The molecule has 0 spiro atoms. The first-order valence-electron chi connectivity index (χ1n) is 8.00. The second-order valence-electron chi connectivity index (χ2n) is 6.08. The molecule has 0 saturated carbocycles. The fourth-order valence-corrected chi connectivity index (χ4v) is 3.11. The monoisotopic (exact) mass is 346 g/mol. The van der Waals surface area contributed by atoms with Crippen molar-refractivity contribution in [2.24, 2.45) is 0 Å². The molecule has 1 aromatic heterocycles. The number of carboxylic acids is 1. The molecule has 2 N–H and O–H groups in total. The molecule has 0 aliphatic carbocycles. The maximum atomic E-state index is 13.2. The number of aliphatic carboxylic acids is 1. The lowest BCUT2D eigenvalue weighted by Crippen LogP contribution is -2.53. The summed E-state index contributed by atoms with van der Waals surface area (Å²) in [4.78, 5) is 29.6. The molecule has 1 aromatic carbocycles. The molecule has 2 heterocycles. The van der Waals surface area contributed by atoms with Gasteiger partial charge in [-0.3, -0.25) is 0 Å². The summed E-state index contributed by atoms with van der Waals surface area (Å²) >= 11 is 0. The van der Waals surface area contributed by atoms with Crippen molar-refractivity contribution in [2.45, 2.75) is 24.9 Å². The van der Waals surface area contributed by atoms with E-state index in [0.717, 1.165) is 0 Å². The first kappa shape index (κ1) is 16.9. The van der Waals surface area contributed by atoms with Crippen LogP contribution >= 0.6 is 0 Å². The van der Waals surface area contributed by atoms with Crippen molar-refractivity contribution in [1.29, 1.82) is 0 Å². The maximum Gasteiger partial charge on any atom is 0.330 e. The Labute approximate surface area is 144 Å². The molecule has 8 heteroatoms. The number of benzene rings is 1. The van der Waals surface area contributed by atoms with Crippen molar-refractivity contribution < 1.29 is 19.1 Å². The van der Waals surface area contributed by atoms with Crippen LogP contribution in [0, 0.1) is 5.82 Å². The van der Waals surface area contributed by atoms with Gasteiger partial charge >= 0.3 is 12.0 Å². The third-order valence-electron chi connectivity index (χ3n) is 4.61. The standard InChI is InChI=1S/C17H19FN4O3/c18-14-3-1-2-13(10-14)11-20-16(25)21-7-4-17(5-8-21,15(23)24)22-9-6-19-12-22/h1-3,6,9-10,12H,4-5,7-8,11H2,(H,20,25)(H,23,24). The van der Waals surface area contributed by atoms with E-state index >= 15 is 0 Å². The molecular formula is C17H19FN4O3. The number of aromatic nitrogens is 2. The predicted octanol–water partition coefficient (Wildman–Crippen LogP) is 1.81. The van der Waals surface area contributed by atoms with Crippen LogP contribution in [0.15, 0.2) is 43.0 Å². The number of carbonyl (C=O) groups excluding carboxylic acids is 1. The molecule has 132 valence electrons. The maximum absolute atomic E-state index is 13.2. The van der Waals surface area contributed by atoms with Crippen LogP contribution in [0.2, 0.25) is 0 Å². The van der Waals surface area contributed by atoms with Crippen molar-refractivity contribution in [3.05, 3.63) is 54.4 Å². The van der Waals surface area contributed by atoms with Crippen molar-refractivity contribution in [3.63, 3.8) is 0 Å². The van der Waals surface area contributed by atoms with Gasteiger partial charge in [0, 0.05) is 32.0 Å². The molecule has 7 nitrogen and oxygen atoms in total. The number of nitrogens with zero attached hydrogens (tertiary/aromatic N) is 3. The molecule has 0 atom stereocenters. The van der Waals surface area contributed by atoms with Gasteiger partial charge in [-0.15, -0.1) is 0 Å². The zero-order valence-electron chi connectivity index (χ0n) is 13.6. The molecule has 1 saturated heterocycles. The van der Waals surface area contributed by atoms with Gasteiger partial charge in [-0.05, 0) is 30.5 Å². The predicted molar refractivity (Wildman–Crippen MR) is 87.3 cm³/mol. The second kappa shape index (κ2) is 6.92. The quantitative estimate of drug-likeness (QED) is 0.884. The number of nitrogens with one attached hydrogen (secondary N) is 1. The minimum atomic E-state index is -1.07. The van der Waals surface area contributed by atoms with E-state index in [4.69, 9.17) is 0 Å². The molecule has 2 aromatic rings. The SMILES string of the molecule is O=C(NCc1cccc(F)c1)N1CCC(C(=O)O)(n2ccnc2)CC1. The number of carboxylic acid groups (broad SMARTS) is 1. The summed E-state index contributed by atoms with van der Waals surface area (Å²) in [5, 5.41) is 12.4. The Bertz CT molecular complexity index is 755. The van der Waals surface area contributed by atoms with Gasteiger partial charge in [0.15, 0.2) is 0 Å². The number of piperidine rings is 1. The third kappa shape index (κ3) is 3.47. The Balaban J connectivity index is 1.59. The highest BCUT2D eigenvalue weighted by Crippen LogP contribution is 2.30. The van der Waals surface area contributed by atoms with E-state index in [9.17, 15) is 19.1 Å². The lowest BCUT2D eigenvalue weighted by Gasteiger charge is -2.39. The number of likely N-dealkylation sites (tertiary alicyclic amines) is 1. The summed E-state index contributed by atoms with van der Waals surface area (Å²) in [5.74, 6) is -1.28. The second-order valence-corrected chi connectivity index (χ2v) is 6.08. The van der Waals surface area contributed by atoms with Crippen LogP contribution < -0.4 is 5.32 Å². The van der Waals surface area contributed by atoms with Crippen molar-refractivity contribution in [3.8, 4) is 0 Å². The van der Waals surface area contributed by atoms with E-state index < -0.39 is 11.5 Å². The van der Waals surface area contributed by atoms with Gasteiger partial charge in [-0.2, -0.15) is 0 Å². The fourth-order valence-electron chi connectivity index (χ4n) is 3.11. The van der Waals surface area contributed by atoms with E-state index in [1.54, 1.807) is 34.0 Å². The summed E-state index contributed by atoms with van der Waals surface area (Å²) in [6.45, 7) is 0.859. The average Bonchev–Trinajstić information content (AvgIpc) is 3.15. The van der Waals surface area contributed by atoms with Gasteiger partial charge in [0.25, 0.3) is 0 Å². The smallest absolute Gasteiger partial charge is 0.330 e. The van der Waals surface area contributed by atoms with Crippen LogP contribution in [0.3, 0.4) is 0 Å². The minimum absolute atomic E-state index is 0.221. The summed E-state index contributed by atoms with van der Waals surface area (Å²) in [7, 11) is 0. The fraction of sp³-hybridized carbons (Fsp3) is 0.353. The molecule has 1 aliphatic heterocycles. The van der Waals surface area contributed by atoms with Crippen molar-refractivity contribution in [2.75, 3.05) is 13.1 Å². The zero-order valence-corrected chi connectivity index (χ0v) is 13.6. The Morgan fingerprint density at radius 2 is 2.08 bits per heavy atom. The van der Waals surface area contributed by atoms with Crippen molar-refractivity contribution in [1.82, 2.24) is 19.8 Å². The number of rotatable bonds is 4. The first-order valence-corrected chi connectivity index (χ1v) is 8.00. The van der Waals surface area contributed by atoms with E-state index in [2.05, 4.69) is 10.3 Å². The van der Waals surface area contributed by atoms with Crippen LogP contribution in [0.4, 0.5) is 9.18 Å². The number of amides is 2. The van der Waals surface area contributed by atoms with E-state index in [-0.39, 0.29) is 18.4 Å². The Morgan fingerprint density at radius 1 is 1.32 bits per heavy atom. The lowest BCUT2D eigenvalue weighted by molar-refractivity contribution is -0.150. The van der Waals surface area contributed by atoms with E-state index in [1.807, 2.05) is 0 Å². The number of imidazole rings is 1. The van der Waals surface area contributed by atoms with Gasteiger partial charge in [0.2, 0.25) is 0 Å². The molecule has 3 rings (SSSR count). The molecular weight excluding hydrogens is 327 g/mol. The van der Waals surface area contributed by atoms with Gasteiger partial charge in [0.05, 0.1) is 6.33 Å². The average molecular weight is 346 g/mol. The largest absolute Gasteiger partial charge is 0.479 e. The number of hydrogen-bond acceptors (Lipinski definition) is 3. The number of urea groups is 1. The van der Waals surface area contributed by atoms with Crippen LogP contribution in [-0.4, -0.2) is 44.6 Å². The number of halogens is 1. The normalized spacial score (nSPS) is 16.4. The highest BCUT2D eigenvalue weighted by molar-refractivity contribution is 5.78. The molecule has 0 unspecified atom stereocenters. The molecule has 0 radical (unpaired) electrons. The molecule has 0 bridgehead atoms.